The number of benzene rings is 2. The standard InChI is InChI=1S/C23H22N6O2/c1-28-21(26-22(30)14-17-7-3-2-4-8-17)15-20(27-28)23(31)25-19-10-5-9-18(13-19)16-29-12-6-11-24-29/h2-13,15H,14,16H2,1H3,(H,25,31)(H,26,30). The van der Waals surface area contributed by atoms with Gasteiger partial charge in [0.05, 0.1) is 13.0 Å². The SMILES string of the molecule is Cn1nc(C(=O)Nc2cccc(Cn3cccn3)c2)cc1NC(=O)Cc1ccccc1. The molecule has 0 radical (unpaired) electrons. The average molecular weight is 414 g/mol. The molecule has 0 saturated carbocycles. The first kappa shape index (κ1) is 20.1. The lowest BCUT2D eigenvalue weighted by Crippen LogP contribution is -2.16. The van der Waals surface area contributed by atoms with Gasteiger partial charge in [-0.05, 0) is 29.3 Å². The molecule has 0 spiro atoms. The maximum atomic E-state index is 12.7. The number of rotatable bonds is 7. The molecule has 0 saturated heterocycles. The van der Waals surface area contributed by atoms with Crippen LogP contribution in [0.1, 0.15) is 21.6 Å². The van der Waals surface area contributed by atoms with Gasteiger partial charge in [-0.25, -0.2) is 0 Å². The molecule has 0 aliphatic carbocycles. The van der Waals surface area contributed by atoms with Gasteiger partial charge >= 0.3 is 0 Å². The van der Waals surface area contributed by atoms with Gasteiger partial charge in [-0.1, -0.05) is 42.5 Å². The van der Waals surface area contributed by atoms with Crippen LogP contribution in [0.15, 0.2) is 79.1 Å². The Bertz CT molecular complexity index is 1180. The van der Waals surface area contributed by atoms with E-state index in [1.165, 1.54) is 4.68 Å². The van der Waals surface area contributed by atoms with Crippen LogP contribution in [-0.4, -0.2) is 31.4 Å². The van der Waals surface area contributed by atoms with E-state index in [0.717, 1.165) is 11.1 Å². The second kappa shape index (κ2) is 9.08. The third-order valence-corrected chi connectivity index (χ3v) is 4.68. The molecule has 4 aromatic rings. The normalized spacial score (nSPS) is 10.6. The molecule has 31 heavy (non-hydrogen) atoms. The highest BCUT2D eigenvalue weighted by atomic mass is 16.2. The quantitative estimate of drug-likeness (QED) is 0.486. The Morgan fingerprint density at radius 3 is 2.52 bits per heavy atom. The van der Waals surface area contributed by atoms with Crippen LogP contribution < -0.4 is 10.6 Å². The van der Waals surface area contributed by atoms with Crippen molar-refractivity contribution in [2.75, 3.05) is 10.6 Å². The Hall–Kier alpha value is -4.20. The molecular weight excluding hydrogens is 392 g/mol. The van der Waals surface area contributed by atoms with Crippen molar-refractivity contribution in [3.63, 3.8) is 0 Å². The van der Waals surface area contributed by atoms with Crippen molar-refractivity contribution in [2.24, 2.45) is 7.05 Å². The summed E-state index contributed by atoms with van der Waals surface area (Å²) in [6.45, 7) is 0.609. The van der Waals surface area contributed by atoms with Crippen LogP contribution in [0, 0.1) is 0 Å². The third kappa shape index (κ3) is 5.24. The Labute approximate surface area is 179 Å². The molecule has 8 nitrogen and oxygen atoms in total. The van der Waals surface area contributed by atoms with E-state index >= 15 is 0 Å². The van der Waals surface area contributed by atoms with Crippen LogP contribution in [0.2, 0.25) is 0 Å². The van der Waals surface area contributed by atoms with Gasteiger partial charge in [0.25, 0.3) is 5.91 Å². The van der Waals surface area contributed by atoms with Crippen molar-refractivity contribution in [1.29, 1.82) is 0 Å². The summed E-state index contributed by atoms with van der Waals surface area (Å²) >= 11 is 0. The number of nitrogens with one attached hydrogen (secondary N) is 2. The Balaban J connectivity index is 1.40. The van der Waals surface area contributed by atoms with Crippen LogP contribution in [0.4, 0.5) is 11.5 Å². The molecule has 0 bridgehead atoms. The van der Waals surface area contributed by atoms with Crippen LogP contribution in [0.3, 0.4) is 0 Å². The predicted molar refractivity (Wildman–Crippen MR) is 118 cm³/mol. The van der Waals surface area contributed by atoms with Gasteiger partial charge in [-0.2, -0.15) is 10.2 Å². The molecule has 2 aromatic heterocycles. The summed E-state index contributed by atoms with van der Waals surface area (Å²) in [7, 11) is 1.68. The monoisotopic (exact) mass is 414 g/mol. The van der Waals surface area contributed by atoms with Crippen molar-refractivity contribution < 1.29 is 9.59 Å². The first-order chi connectivity index (χ1) is 15.1. The molecule has 2 heterocycles. The Kier molecular flexibility index (Phi) is 5.89. The first-order valence-corrected chi connectivity index (χ1v) is 9.82. The number of hydrogen-bond acceptors (Lipinski definition) is 4. The fourth-order valence-electron chi connectivity index (χ4n) is 3.19. The van der Waals surface area contributed by atoms with Crippen molar-refractivity contribution in [2.45, 2.75) is 13.0 Å². The molecule has 8 heteroatoms. The number of amides is 2. The van der Waals surface area contributed by atoms with E-state index < -0.39 is 0 Å². The maximum absolute atomic E-state index is 12.7. The molecule has 0 unspecified atom stereocenters. The minimum absolute atomic E-state index is 0.174. The zero-order valence-corrected chi connectivity index (χ0v) is 17.0. The van der Waals surface area contributed by atoms with Crippen LogP contribution >= 0.6 is 0 Å². The van der Waals surface area contributed by atoms with E-state index in [0.29, 0.717) is 18.1 Å². The maximum Gasteiger partial charge on any atom is 0.276 e. The number of hydrogen-bond donors (Lipinski definition) is 2. The van der Waals surface area contributed by atoms with E-state index in [1.807, 2.05) is 71.5 Å². The van der Waals surface area contributed by atoms with Gasteiger partial charge in [0.15, 0.2) is 5.69 Å². The molecule has 0 fully saturated rings. The van der Waals surface area contributed by atoms with Gasteiger partial charge in [-0.3, -0.25) is 19.0 Å². The number of aromatic nitrogens is 4. The van der Waals surface area contributed by atoms with E-state index in [2.05, 4.69) is 20.8 Å². The van der Waals surface area contributed by atoms with Gasteiger partial charge in [0.2, 0.25) is 5.91 Å². The van der Waals surface area contributed by atoms with Gasteiger partial charge in [-0.15, -0.1) is 0 Å². The lowest BCUT2D eigenvalue weighted by molar-refractivity contribution is -0.115. The van der Waals surface area contributed by atoms with Crippen LogP contribution in [-0.2, 0) is 24.8 Å². The second-order valence-corrected chi connectivity index (χ2v) is 7.11. The molecule has 0 aliphatic heterocycles. The summed E-state index contributed by atoms with van der Waals surface area (Å²) in [6, 6.07) is 20.4. The van der Waals surface area contributed by atoms with Crippen molar-refractivity contribution in [3.8, 4) is 0 Å². The molecule has 4 rings (SSSR count). The molecule has 156 valence electrons. The zero-order chi connectivity index (χ0) is 21.6. The third-order valence-electron chi connectivity index (χ3n) is 4.68. The number of aryl methyl sites for hydroxylation is 1. The van der Waals surface area contributed by atoms with Gasteiger partial charge in [0.1, 0.15) is 5.82 Å². The molecule has 2 aromatic carbocycles. The average Bonchev–Trinajstić information content (AvgIpc) is 3.39. The first-order valence-electron chi connectivity index (χ1n) is 9.82. The van der Waals surface area contributed by atoms with Crippen molar-refractivity contribution in [3.05, 3.63) is 95.9 Å². The highest BCUT2D eigenvalue weighted by Crippen LogP contribution is 2.15. The fourth-order valence-corrected chi connectivity index (χ4v) is 3.19. The second-order valence-electron chi connectivity index (χ2n) is 7.11. The lowest BCUT2D eigenvalue weighted by atomic mass is 10.1. The zero-order valence-electron chi connectivity index (χ0n) is 17.0. The lowest BCUT2D eigenvalue weighted by Gasteiger charge is -2.06. The van der Waals surface area contributed by atoms with Crippen LogP contribution in [0.25, 0.3) is 0 Å². The van der Waals surface area contributed by atoms with E-state index in [1.54, 1.807) is 19.3 Å². The number of carbonyl (C=O) groups is 2. The number of nitrogens with zero attached hydrogens (tertiary/aromatic N) is 4. The van der Waals surface area contributed by atoms with Crippen molar-refractivity contribution in [1.82, 2.24) is 19.6 Å². The Morgan fingerprint density at radius 1 is 0.935 bits per heavy atom. The highest BCUT2D eigenvalue weighted by Gasteiger charge is 2.15. The minimum atomic E-state index is -0.351. The topological polar surface area (TPSA) is 93.8 Å². The summed E-state index contributed by atoms with van der Waals surface area (Å²) in [6.07, 6.45) is 3.85. The number of carbonyl (C=O) groups excluding carboxylic acids is 2. The van der Waals surface area contributed by atoms with E-state index in [-0.39, 0.29) is 23.9 Å². The van der Waals surface area contributed by atoms with Crippen LogP contribution in [0.5, 0.6) is 0 Å². The Morgan fingerprint density at radius 2 is 1.74 bits per heavy atom. The molecule has 2 N–H and O–H groups in total. The summed E-state index contributed by atoms with van der Waals surface area (Å²) in [4.78, 5) is 25.0. The molecular formula is C23H22N6O2. The smallest absolute Gasteiger partial charge is 0.276 e. The fraction of sp³-hybridized carbons (Fsp3) is 0.130. The van der Waals surface area contributed by atoms with E-state index in [4.69, 9.17) is 0 Å². The molecule has 0 aliphatic rings. The van der Waals surface area contributed by atoms with Gasteiger partial charge in [0, 0.05) is 31.2 Å². The summed E-state index contributed by atoms with van der Waals surface area (Å²) < 4.78 is 3.29. The summed E-state index contributed by atoms with van der Waals surface area (Å²) in [5, 5.41) is 14.1. The molecule has 2 amide bonds. The summed E-state index contributed by atoms with van der Waals surface area (Å²) in [5.74, 6) is -0.0682. The predicted octanol–water partition coefficient (Wildman–Crippen LogP) is 3.10. The number of anilines is 2. The largest absolute Gasteiger partial charge is 0.321 e. The summed E-state index contributed by atoms with van der Waals surface area (Å²) in [5.41, 5.74) is 2.80. The van der Waals surface area contributed by atoms with Gasteiger partial charge < -0.3 is 10.6 Å². The molecule has 0 atom stereocenters. The highest BCUT2D eigenvalue weighted by molar-refractivity contribution is 6.04. The minimum Gasteiger partial charge on any atom is -0.321 e. The van der Waals surface area contributed by atoms with Crippen molar-refractivity contribution >= 4 is 23.3 Å². The van der Waals surface area contributed by atoms with E-state index in [9.17, 15) is 9.59 Å².